The van der Waals surface area contributed by atoms with Crippen LogP contribution in [0.25, 0.3) is 0 Å². The molecule has 25 heavy (non-hydrogen) atoms. The Kier molecular flexibility index (Phi) is 8.90. The zero-order valence-corrected chi connectivity index (χ0v) is 15.7. The van der Waals surface area contributed by atoms with Gasteiger partial charge < -0.3 is 23.2 Å². The number of nitrogens with zero attached hydrogens (tertiary/aromatic N) is 5. The number of aliphatic hydroxyl groups excluding tert-OH is 1. The normalized spacial score (nSPS) is 9.72. The summed E-state index contributed by atoms with van der Waals surface area (Å²) in [7, 11) is 0. The molecule has 0 radical (unpaired) electrons. The van der Waals surface area contributed by atoms with Crippen molar-refractivity contribution in [3.8, 4) is 0 Å². The fourth-order valence-corrected chi connectivity index (χ4v) is 3.00. The fraction of sp³-hybridized carbons (Fsp3) is 0.312. The largest absolute Gasteiger partial charge is 1.00 e. The number of nitrogens with two attached hydrogens (primary N) is 1. The van der Waals surface area contributed by atoms with Crippen molar-refractivity contribution in [2.45, 2.75) is 26.8 Å². The molecule has 0 bridgehead atoms. The SMILES string of the molecule is Cc1ncc(C[n+]2csc(CCO)c2C)c(N)n1.[Cl-].c1cncnc1. The van der Waals surface area contributed by atoms with Crippen LogP contribution in [-0.4, -0.2) is 31.6 Å². The van der Waals surface area contributed by atoms with Crippen molar-refractivity contribution in [3.63, 3.8) is 0 Å². The van der Waals surface area contributed by atoms with Crippen LogP contribution in [0.2, 0.25) is 0 Å². The van der Waals surface area contributed by atoms with E-state index in [2.05, 4.69) is 24.5 Å². The molecule has 0 saturated carbocycles. The van der Waals surface area contributed by atoms with Crippen LogP contribution in [0.1, 0.15) is 22.0 Å². The van der Waals surface area contributed by atoms with Gasteiger partial charge in [-0.3, -0.25) is 0 Å². The van der Waals surface area contributed by atoms with Crippen molar-refractivity contribution in [3.05, 3.63) is 58.5 Å². The number of aryl methyl sites for hydroxylation is 1. The number of halogens is 1. The van der Waals surface area contributed by atoms with E-state index in [0.717, 1.165) is 11.3 Å². The van der Waals surface area contributed by atoms with Crippen LogP contribution in [-0.2, 0) is 13.0 Å². The van der Waals surface area contributed by atoms with Crippen LogP contribution in [0.3, 0.4) is 0 Å². The van der Waals surface area contributed by atoms with E-state index in [1.165, 1.54) is 11.2 Å². The third-order valence-electron chi connectivity index (χ3n) is 3.33. The summed E-state index contributed by atoms with van der Waals surface area (Å²) in [4.78, 5) is 16.9. The summed E-state index contributed by atoms with van der Waals surface area (Å²) in [6.45, 7) is 4.71. The summed E-state index contributed by atoms with van der Waals surface area (Å²) in [6, 6.07) is 1.78. The Balaban J connectivity index is 0.000000379. The molecular formula is C16H21ClN6OS. The minimum absolute atomic E-state index is 0. The molecule has 3 heterocycles. The molecule has 0 aliphatic rings. The molecule has 0 saturated heterocycles. The zero-order valence-electron chi connectivity index (χ0n) is 14.1. The van der Waals surface area contributed by atoms with E-state index in [1.54, 1.807) is 36.0 Å². The number of hydrogen-bond donors (Lipinski definition) is 2. The van der Waals surface area contributed by atoms with E-state index >= 15 is 0 Å². The number of aliphatic hydroxyl groups is 1. The summed E-state index contributed by atoms with van der Waals surface area (Å²) in [6.07, 6.45) is 7.34. The van der Waals surface area contributed by atoms with E-state index in [0.29, 0.717) is 24.6 Å². The van der Waals surface area contributed by atoms with Gasteiger partial charge in [-0.1, -0.05) is 11.3 Å². The number of thiazole rings is 1. The second-order valence-electron chi connectivity index (χ2n) is 5.07. The van der Waals surface area contributed by atoms with E-state index in [-0.39, 0.29) is 19.0 Å². The van der Waals surface area contributed by atoms with Crippen LogP contribution in [0.5, 0.6) is 0 Å². The van der Waals surface area contributed by atoms with E-state index < -0.39 is 0 Å². The van der Waals surface area contributed by atoms with Gasteiger partial charge in [0.25, 0.3) is 0 Å². The number of anilines is 1. The lowest BCUT2D eigenvalue weighted by molar-refractivity contribution is -0.689. The Labute approximate surface area is 157 Å². The summed E-state index contributed by atoms with van der Waals surface area (Å²) >= 11 is 1.65. The molecule has 3 aromatic heterocycles. The highest BCUT2D eigenvalue weighted by Crippen LogP contribution is 2.13. The molecule has 0 aromatic carbocycles. The van der Waals surface area contributed by atoms with Gasteiger partial charge in [-0.2, -0.15) is 4.57 Å². The maximum absolute atomic E-state index is 8.98. The molecule has 3 rings (SSSR count). The molecule has 0 aliphatic heterocycles. The number of aromatic nitrogens is 5. The lowest BCUT2D eigenvalue weighted by Gasteiger charge is -2.01. The predicted molar refractivity (Wildman–Crippen MR) is 92.4 cm³/mol. The average molecular weight is 381 g/mol. The van der Waals surface area contributed by atoms with Crippen molar-refractivity contribution in [1.29, 1.82) is 0 Å². The Bertz CT molecular complexity index is 742. The second-order valence-corrected chi connectivity index (χ2v) is 6.00. The third-order valence-corrected chi connectivity index (χ3v) is 4.48. The number of rotatable bonds is 4. The van der Waals surface area contributed by atoms with Crippen LogP contribution < -0.4 is 22.7 Å². The van der Waals surface area contributed by atoms with Gasteiger partial charge in [0.2, 0.25) is 5.51 Å². The molecule has 0 unspecified atom stereocenters. The van der Waals surface area contributed by atoms with Crippen molar-refractivity contribution in [1.82, 2.24) is 19.9 Å². The molecule has 7 nitrogen and oxygen atoms in total. The second kappa shape index (κ2) is 10.7. The van der Waals surface area contributed by atoms with Gasteiger partial charge in [0.1, 0.15) is 18.0 Å². The molecule has 0 spiro atoms. The van der Waals surface area contributed by atoms with Gasteiger partial charge in [0.05, 0.1) is 10.4 Å². The highest BCUT2D eigenvalue weighted by Gasteiger charge is 2.16. The first-order valence-corrected chi connectivity index (χ1v) is 8.35. The average Bonchev–Trinajstić information content (AvgIpc) is 2.93. The molecule has 0 aliphatic carbocycles. The third kappa shape index (κ3) is 6.33. The fourth-order valence-electron chi connectivity index (χ4n) is 2.02. The highest BCUT2D eigenvalue weighted by molar-refractivity contribution is 7.09. The number of nitrogen functional groups attached to an aromatic ring is 1. The van der Waals surface area contributed by atoms with Crippen molar-refractivity contribution in [2.24, 2.45) is 0 Å². The zero-order chi connectivity index (χ0) is 17.4. The summed E-state index contributed by atoms with van der Waals surface area (Å²) in [5.74, 6) is 1.22. The summed E-state index contributed by atoms with van der Waals surface area (Å²) in [5, 5.41) is 8.98. The van der Waals surface area contributed by atoms with Gasteiger partial charge in [0.15, 0.2) is 12.2 Å². The predicted octanol–water partition coefficient (Wildman–Crippen LogP) is -1.91. The minimum Gasteiger partial charge on any atom is -1.00 e. The first-order valence-electron chi connectivity index (χ1n) is 7.47. The Morgan fingerprint density at radius 3 is 2.48 bits per heavy atom. The lowest BCUT2D eigenvalue weighted by Crippen LogP contribution is -3.00. The van der Waals surface area contributed by atoms with Crippen molar-refractivity contribution >= 4 is 17.2 Å². The summed E-state index contributed by atoms with van der Waals surface area (Å²) in [5.41, 5.74) is 10.0. The smallest absolute Gasteiger partial charge is 0.225 e. The maximum atomic E-state index is 8.98. The molecular weight excluding hydrogens is 360 g/mol. The van der Waals surface area contributed by atoms with Crippen LogP contribution in [0.4, 0.5) is 5.82 Å². The lowest BCUT2D eigenvalue weighted by atomic mass is 10.2. The van der Waals surface area contributed by atoms with E-state index in [1.807, 2.05) is 19.4 Å². The first kappa shape index (κ1) is 20.9. The van der Waals surface area contributed by atoms with Gasteiger partial charge in [0, 0.05) is 38.5 Å². The Morgan fingerprint density at radius 1 is 1.24 bits per heavy atom. The highest BCUT2D eigenvalue weighted by atomic mass is 35.5. The van der Waals surface area contributed by atoms with E-state index in [9.17, 15) is 0 Å². The van der Waals surface area contributed by atoms with Crippen molar-refractivity contribution < 1.29 is 22.1 Å². The Morgan fingerprint density at radius 2 is 1.96 bits per heavy atom. The van der Waals surface area contributed by atoms with Gasteiger partial charge in [-0.15, -0.1) is 0 Å². The Hall–Kier alpha value is -2.16. The van der Waals surface area contributed by atoms with E-state index in [4.69, 9.17) is 10.8 Å². The standard InChI is InChI=1S/C12H17N4OS.C4H4N2.ClH/c1-8-11(3-4-17)18-7-16(8)6-10-5-14-9(2)15-12(10)13;1-2-5-4-6-3-1;/h5,7,17H,3-4,6H2,1-2H3,(H2,13,14,15);1-4H;1H/q+1;;/p-1. The van der Waals surface area contributed by atoms with Crippen LogP contribution >= 0.6 is 11.3 Å². The van der Waals surface area contributed by atoms with Crippen LogP contribution in [0, 0.1) is 13.8 Å². The van der Waals surface area contributed by atoms with Gasteiger partial charge >= 0.3 is 0 Å². The maximum Gasteiger partial charge on any atom is 0.225 e. The molecule has 0 atom stereocenters. The molecule has 134 valence electrons. The first-order chi connectivity index (χ1) is 11.6. The summed E-state index contributed by atoms with van der Waals surface area (Å²) < 4.78 is 2.11. The topological polar surface area (TPSA) is 102 Å². The molecule has 0 amide bonds. The van der Waals surface area contributed by atoms with Gasteiger partial charge in [-0.05, 0) is 13.0 Å². The van der Waals surface area contributed by atoms with Crippen LogP contribution in [0.15, 0.2) is 36.5 Å². The molecule has 9 heteroatoms. The molecule has 0 fully saturated rings. The number of hydrogen-bond acceptors (Lipinski definition) is 7. The monoisotopic (exact) mass is 380 g/mol. The molecule has 3 N–H and O–H groups in total. The molecule has 3 aromatic rings. The van der Waals surface area contributed by atoms with Crippen molar-refractivity contribution in [2.75, 3.05) is 12.3 Å². The minimum atomic E-state index is 0. The van der Waals surface area contributed by atoms with Gasteiger partial charge in [-0.25, -0.2) is 19.9 Å². The quantitative estimate of drug-likeness (QED) is 0.512.